The molecule has 0 bridgehead atoms. The maximum absolute atomic E-state index is 5.31. The van der Waals surface area contributed by atoms with Gasteiger partial charge in [0.2, 0.25) is 0 Å². The lowest BCUT2D eigenvalue weighted by molar-refractivity contribution is 0.355. The lowest BCUT2D eigenvalue weighted by Gasteiger charge is -2.10. The SMILES string of the molecule is COc1ccc(/C=N\C(C)c2ccc(I)cc2I)cc1OC. The van der Waals surface area contributed by atoms with Crippen LogP contribution in [0, 0.1) is 7.14 Å². The molecule has 3 nitrogen and oxygen atoms in total. The molecule has 0 amide bonds. The summed E-state index contributed by atoms with van der Waals surface area (Å²) >= 11 is 4.68. The molecule has 2 aromatic rings. The number of hydrogen-bond acceptors (Lipinski definition) is 3. The zero-order valence-electron chi connectivity index (χ0n) is 12.6. The fraction of sp³-hybridized carbons (Fsp3) is 0.235. The van der Waals surface area contributed by atoms with Crippen LogP contribution in [-0.4, -0.2) is 20.4 Å². The molecule has 0 N–H and O–H groups in total. The largest absolute Gasteiger partial charge is 0.493 e. The molecule has 1 atom stereocenters. The summed E-state index contributed by atoms with van der Waals surface area (Å²) in [6.45, 7) is 2.10. The van der Waals surface area contributed by atoms with E-state index < -0.39 is 0 Å². The fourth-order valence-electron chi connectivity index (χ4n) is 2.05. The minimum absolute atomic E-state index is 0.108. The zero-order valence-corrected chi connectivity index (χ0v) is 17.0. The van der Waals surface area contributed by atoms with Crippen molar-refractivity contribution < 1.29 is 9.47 Å². The quantitative estimate of drug-likeness (QED) is 0.406. The van der Waals surface area contributed by atoms with Crippen LogP contribution in [0.5, 0.6) is 11.5 Å². The molecular weight excluding hydrogens is 504 g/mol. The molecule has 2 rings (SSSR count). The summed E-state index contributed by atoms with van der Waals surface area (Å²) in [7, 11) is 3.27. The van der Waals surface area contributed by atoms with E-state index in [9.17, 15) is 0 Å². The molecule has 1 unspecified atom stereocenters. The number of hydrogen-bond donors (Lipinski definition) is 0. The van der Waals surface area contributed by atoms with Gasteiger partial charge in [0.1, 0.15) is 0 Å². The molecule has 0 radical (unpaired) electrons. The highest BCUT2D eigenvalue weighted by atomic mass is 127. The zero-order chi connectivity index (χ0) is 16.1. The molecule has 2 aromatic carbocycles. The van der Waals surface area contributed by atoms with E-state index in [1.54, 1.807) is 14.2 Å². The summed E-state index contributed by atoms with van der Waals surface area (Å²) in [6.07, 6.45) is 1.88. The predicted molar refractivity (Wildman–Crippen MR) is 107 cm³/mol. The van der Waals surface area contributed by atoms with E-state index in [4.69, 9.17) is 9.47 Å². The third-order valence-corrected chi connectivity index (χ3v) is 4.87. The van der Waals surface area contributed by atoms with Gasteiger partial charge in [0.05, 0.1) is 20.3 Å². The number of aliphatic imine (C=N–C) groups is 1. The fourth-order valence-corrected chi connectivity index (χ4v) is 4.10. The second-order valence-corrected chi connectivity index (χ2v) is 7.14. The van der Waals surface area contributed by atoms with Crippen molar-refractivity contribution in [3.8, 4) is 11.5 Å². The molecule has 0 saturated heterocycles. The average molecular weight is 521 g/mol. The Balaban J connectivity index is 2.20. The average Bonchev–Trinajstić information content (AvgIpc) is 2.52. The molecule has 0 heterocycles. The Morgan fingerprint density at radius 2 is 1.73 bits per heavy atom. The highest BCUT2D eigenvalue weighted by Crippen LogP contribution is 2.28. The van der Waals surface area contributed by atoms with E-state index >= 15 is 0 Å². The second-order valence-electron chi connectivity index (χ2n) is 4.73. The first kappa shape index (κ1) is 17.5. The number of benzene rings is 2. The lowest BCUT2D eigenvalue weighted by Crippen LogP contribution is -1.96. The first-order valence-electron chi connectivity index (χ1n) is 6.75. The number of rotatable bonds is 5. The molecule has 5 heteroatoms. The molecule has 0 saturated carbocycles. The summed E-state index contributed by atoms with van der Waals surface area (Å²) in [6, 6.07) is 12.3. The first-order valence-corrected chi connectivity index (χ1v) is 8.91. The van der Waals surface area contributed by atoms with Gasteiger partial charge < -0.3 is 9.47 Å². The monoisotopic (exact) mass is 521 g/mol. The van der Waals surface area contributed by atoms with Crippen molar-refractivity contribution >= 4 is 51.4 Å². The van der Waals surface area contributed by atoms with Gasteiger partial charge in [-0.05, 0) is 93.6 Å². The third-order valence-electron chi connectivity index (χ3n) is 3.27. The van der Waals surface area contributed by atoms with Crippen molar-refractivity contribution in [3.63, 3.8) is 0 Å². The van der Waals surface area contributed by atoms with Crippen LogP contribution in [0.25, 0.3) is 0 Å². The lowest BCUT2D eigenvalue weighted by atomic mass is 10.1. The highest BCUT2D eigenvalue weighted by molar-refractivity contribution is 14.1. The standard InChI is InChI=1S/C17H17I2NO2/c1-11(14-6-5-13(18)9-15(14)19)20-10-12-4-7-16(21-2)17(8-12)22-3/h4-11H,1-3H3/b20-10-. The van der Waals surface area contributed by atoms with Crippen molar-refractivity contribution in [2.45, 2.75) is 13.0 Å². The van der Waals surface area contributed by atoms with Crippen LogP contribution in [0.3, 0.4) is 0 Å². The topological polar surface area (TPSA) is 30.8 Å². The number of ether oxygens (including phenoxy) is 2. The van der Waals surface area contributed by atoms with E-state index in [2.05, 4.69) is 75.3 Å². The van der Waals surface area contributed by atoms with Crippen LogP contribution >= 0.6 is 45.2 Å². The Morgan fingerprint density at radius 3 is 2.36 bits per heavy atom. The molecule has 0 aromatic heterocycles. The van der Waals surface area contributed by atoms with Gasteiger partial charge in [0.15, 0.2) is 11.5 Å². The number of nitrogens with zero attached hydrogens (tertiary/aromatic N) is 1. The van der Waals surface area contributed by atoms with Crippen molar-refractivity contribution in [3.05, 3.63) is 54.7 Å². The van der Waals surface area contributed by atoms with Gasteiger partial charge in [-0.25, -0.2) is 0 Å². The van der Waals surface area contributed by atoms with Crippen molar-refractivity contribution in [1.82, 2.24) is 0 Å². The second kappa shape index (κ2) is 8.14. The van der Waals surface area contributed by atoms with Crippen LogP contribution in [0.2, 0.25) is 0 Å². The first-order chi connectivity index (χ1) is 10.5. The van der Waals surface area contributed by atoms with Crippen molar-refractivity contribution in [1.29, 1.82) is 0 Å². The van der Waals surface area contributed by atoms with Crippen molar-refractivity contribution in [2.24, 2.45) is 4.99 Å². The molecule has 0 fully saturated rings. The van der Waals surface area contributed by atoms with E-state index in [1.165, 1.54) is 12.7 Å². The van der Waals surface area contributed by atoms with Crippen molar-refractivity contribution in [2.75, 3.05) is 14.2 Å². The molecule has 0 aliphatic heterocycles. The molecule has 0 aliphatic rings. The Bertz CT molecular complexity index is 686. The molecule has 0 aliphatic carbocycles. The van der Waals surface area contributed by atoms with Crippen LogP contribution in [0.4, 0.5) is 0 Å². The van der Waals surface area contributed by atoms with Gasteiger partial charge in [-0.2, -0.15) is 0 Å². The van der Waals surface area contributed by atoms with Crippen LogP contribution in [0.15, 0.2) is 41.4 Å². The summed E-state index contributed by atoms with van der Waals surface area (Å²) in [5, 5.41) is 0. The predicted octanol–water partition coefficient (Wildman–Crippen LogP) is 5.09. The Kier molecular flexibility index (Phi) is 6.49. The summed E-state index contributed by atoms with van der Waals surface area (Å²) in [5.41, 5.74) is 2.22. The smallest absolute Gasteiger partial charge is 0.161 e. The Morgan fingerprint density at radius 1 is 1.00 bits per heavy atom. The minimum Gasteiger partial charge on any atom is -0.493 e. The van der Waals surface area contributed by atoms with Gasteiger partial charge >= 0.3 is 0 Å². The van der Waals surface area contributed by atoms with Gasteiger partial charge in [-0.3, -0.25) is 4.99 Å². The van der Waals surface area contributed by atoms with Gasteiger partial charge in [-0.1, -0.05) is 6.07 Å². The number of halogens is 2. The van der Waals surface area contributed by atoms with Crippen LogP contribution in [-0.2, 0) is 0 Å². The summed E-state index contributed by atoms with van der Waals surface area (Å²) < 4.78 is 13.0. The van der Waals surface area contributed by atoms with Crippen LogP contribution in [0.1, 0.15) is 24.1 Å². The van der Waals surface area contributed by atoms with Gasteiger partial charge in [0.25, 0.3) is 0 Å². The molecule has 22 heavy (non-hydrogen) atoms. The normalized spacial score (nSPS) is 12.4. The Hall–Kier alpha value is -0.830. The Labute approximate surface area is 158 Å². The summed E-state index contributed by atoms with van der Waals surface area (Å²) in [4.78, 5) is 4.66. The maximum atomic E-state index is 5.31. The van der Waals surface area contributed by atoms with E-state index in [-0.39, 0.29) is 6.04 Å². The molecule has 0 spiro atoms. The highest BCUT2D eigenvalue weighted by Gasteiger charge is 2.08. The maximum Gasteiger partial charge on any atom is 0.161 e. The number of methoxy groups -OCH3 is 2. The van der Waals surface area contributed by atoms with E-state index in [0.29, 0.717) is 5.75 Å². The minimum atomic E-state index is 0.108. The molecular formula is C17H17I2NO2. The van der Waals surface area contributed by atoms with E-state index in [0.717, 1.165) is 11.3 Å². The van der Waals surface area contributed by atoms with Gasteiger partial charge in [0, 0.05) is 13.4 Å². The molecule has 116 valence electrons. The van der Waals surface area contributed by atoms with Crippen LogP contribution < -0.4 is 9.47 Å². The third kappa shape index (κ3) is 4.34. The van der Waals surface area contributed by atoms with E-state index in [1.807, 2.05) is 24.4 Å². The summed E-state index contributed by atoms with van der Waals surface area (Å²) in [5.74, 6) is 1.43. The van der Waals surface area contributed by atoms with Gasteiger partial charge in [-0.15, -0.1) is 0 Å².